The normalized spacial score (nSPS) is 44.9. The number of nitrogens with zero attached hydrogens (tertiary/aromatic N) is 1. The number of hydrogen-bond donors (Lipinski definition) is 0. The molecule has 8 atom stereocenters. The summed E-state index contributed by atoms with van der Waals surface area (Å²) < 4.78 is 18.9. The molecular weight excluding hydrogens is 390 g/mol. The molecule has 2 bridgehead atoms. The highest BCUT2D eigenvalue weighted by atomic mass is 17.3. The van der Waals surface area contributed by atoms with Gasteiger partial charge in [-0.25, -0.2) is 9.78 Å². The first-order valence-corrected chi connectivity index (χ1v) is 10.9. The summed E-state index contributed by atoms with van der Waals surface area (Å²) in [7, 11) is 0. The average molecular weight is 419 g/mol. The number of ether oxygens (including phenoxy) is 3. The zero-order valence-corrected chi connectivity index (χ0v) is 17.6. The third kappa shape index (κ3) is 3.08. The van der Waals surface area contributed by atoms with E-state index in [-0.39, 0.29) is 17.5 Å². The maximum atomic E-state index is 10.9. The first-order chi connectivity index (χ1) is 14.3. The van der Waals surface area contributed by atoms with E-state index < -0.39 is 28.9 Å². The number of hydrogen-bond acceptors (Lipinski definition) is 7. The zero-order valence-electron chi connectivity index (χ0n) is 17.6. The summed E-state index contributed by atoms with van der Waals surface area (Å²) in [6.45, 7) is 6.66. The molecule has 0 unspecified atom stereocenters. The van der Waals surface area contributed by atoms with Crippen LogP contribution in [0, 0.1) is 33.8 Å². The zero-order chi connectivity index (χ0) is 21.1. The third-order valence-electron chi connectivity index (χ3n) is 7.66. The summed E-state index contributed by atoms with van der Waals surface area (Å²) >= 11 is 0. The highest BCUT2D eigenvalue weighted by Gasteiger charge is 2.69. The van der Waals surface area contributed by atoms with Crippen molar-refractivity contribution in [1.29, 1.82) is 0 Å². The summed E-state index contributed by atoms with van der Waals surface area (Å²) in [6.07, 6.45) is 2.95. The molecule has 1 aromatic carbocycles. The molecule has 0 radical (unpaired) electrons. The predicted octanol–water partition coefficient (Wildman–Crippen LogP) is 4.32. The number of benzene rings is 1. The van der Waals surface area contributed by atoms with E-state index in [0.29, 0.717) is 18.4 Å². The van der Waals surface area contributed by atoms with Crippen molar-refractivity contribution in [2.24, 2.45) is 23.7 Å². The topological polar surface area (TPSA) is 89.3 Å². The molecule has 4 heterocycles. The Hall–Kier alpha value is -1.58. The number of fused-ring (bicyclic) bond motifs is 2. The lowest BCUT2D eigenvalue weighted by atomic mass is 9.58. The van der Waals surface area contributed by atoms with Crippen molar-refractivity contribution < 1.29 is 28.9 Å². The smallest absolute Gasteiger partial charge is 0.269 e. The van der Waals surface area contributed by atoms with Crippen molar-refractivity contribution in [3.8, 4) is 0 Å². The standard InChI is InChI=1S/C22H29NO7/c1-13-4-9-18-14(2)19(26-12-15-5-7-16(8-6-15)23(24)25)27-20-22(18)17(13)10-11-21(3,28-20)29-30-22/h5-8,13-14,17-20H,4,9-12H2,1-3H3/t13-,14-,17+,18+,19+,20-,21-,22-/m1/s1. The molecule has 8 nitrogen and oxygen atoms in total. The summed E-state index contributed by atoms with van der Waals surface area (Å²) in [4.78, 5) is 22.4. The van der Waals surface area contributed by atoms with Gasteiger partial charge in [-0.3, -0.25) is 10.1 Å². The molecule has 0 amide bonds. The Bertz CT molecular complexity index is 816. The van der Waals surface area contributed by atoms with Crippen LogP contribution in [0.25, 0.3) is 0 Å². The van der Waals surface area contributed by atoms with Gasteiger partial charge >= 0.3 is 0 Å². The molecule has 164 valence electrons. The van der Waals surface area contributed by atoms with Gasteiger partial charge in [-0.15, -0.1) is 0 Å². The SMILES string of the molecule is C[C@H]1[C@@H](OCc2ccc([N+](=O)[O-])cc2)O[C@@H]2O[C@@]3(C)CC[C@H]4[C@H](C)CC[C@@H]1[C@@]24OO3. The molecule has 1 spiro atoms. The van der Waals surface area contributed by atoms with Gasteiger partial charge in [0.2, 0.25) is 5.79 Å². The van der Waals surface area contributed by atoms with Crippen LogP contribution in [0.5, 0.6) is 0 Å². The van der Waals surface area contributed by atoms with Gasteiger partial charge in [0, 0.05) is 30.4 Å². The molecule has 4 aliphatic heterocycles. The number of nitro benzene ring substituents is 1. The van der Waals surface area contributed by atoms with Crippen molar-refractivity contribution in [1.82, 2.24) is 0 Å². The largest absolute Gasteiger partial charge is 0.348 e. The van der Waals surface area contributed by atoms with Crippen molar-refractivity contribution >= 4 is 5.69 Å². The summed E-state index contributed by atoms with van der Waals surface area (Å²) in [6, 6.07) is 6.41. The maximum absolute atomic E-state index is 10.9. The van der Waals surface area contributed by atoms with Crippen LogP contribution in [0.15, 0.2) is 24.3 Å². The minimum Gasteiger partial charge on any atom is -0.348 e. The van der Waals surface area contributed by atoms with Crippen LogP contribution in [0.3, 0.4) is 0 Å². The Morgan fingerprint density at radius 1 is 1.13 bits per heavy atom. The quantitative estimate of drug-likeness (QED) is 0.408. The number of nitro groups is 1. The van der Waals surface area contributed by atoms with Crippen LogP contribution < -0.4 is 0 Å². The van der Waals surface area contributed by atoms with Gasteiger partial charge in [0.05, 0.1) is 11.5 Å². The lowest BCUT2D eigenvalue weighted by molar-refractivity contribution is -0.577. The van der Waals surface area contributed by atoms with Gasteiger partial charge in [0.25, 0.3) is 5.69 Å². The molecular formula is C22H29NO7. The van der Waals surface area contributed by atoms with Crippen LogP contribution in [-0.4, -0.2) is 28.9 Å². The molecule has 5 fully saturated rings. The van der Waals surface area contributed by atoms with Crippen LogP contribution >= 0.6 is 0 Å². The van der Waals surface area contributed by atoms with Crippen LogP contribution in [0.4, 0.5) is 5.69 Å². The van der Waals surface area contributed by atoms with E-state index >= 15 is 0 Å². The second-order valence-electron chi connectivity index (χ2n) is 9.51. The Morgan fingerprint density at radius 2 is 1.90 bits per heavy atom. The molecule has 0 aromatic heterocycles. The Morgan fingerprint density at radius 3 is 2.63 bits per heavy atom. The van der Waals surface area contributed by atoms with E-state index in [1.54, 1.807) is 12.1 Å². The minimum atomic E-state index is -0.805. The van der Waals surface area contributed by atoms with Gasteiger partial charge in [-0.1, -0.05) is 13.8 Å². The fourth-order valence-electron chi connectivity index (χ4n) is 5.95. The van der Waals surface area contributed by atoms with Gasteiger partial charge in [-0.2, -0.15) is 0 Å². The fraction of sp³-hybridized carbons (Fsp3) is 0.727. The van der Waals surface area contributed by atoms with E-state index in [9.17, 15) is 10.1 Å². The third-order valence-corrected chi connectivity index (χ3v) is 7.66. The molecule has 1 saturated carbocycles. The first kappa shape index (κ1) is 20.3. The Labute approximate surface area is 175 Å². The van der Waals surface area contributed by atoms with Crippen molar-refractivity contribution in [2.75, 3.05) is 0 Å². The van der Waals surface area contributed by atoms with E-state index in [0.717, 1.165) is 31.2 Å². The minimum absolute atomic E-state index is 0.0682. The highest BCUT2D eigenvalue weighted by Crippen LogP contribution is 2.60. The predicted molar refractivity (Wildman–Crippen MR) is 105 cm³/mol. The van der Waals surface area contributed by atoms with Crippen molar-refractivity contribution in [3.63, 3.8) is 0 Å². The molecule has 6 rings (SSSR count). The summed E-state index contributed by atoms with van der Waals surface area (Å²) in [5.74, 6) is 0.348. The number of rotatable bonds is 4. The van der Waals surface area contributed by atoms with Gasteiger partial charge in [0.15, 0.2) is 18.2 Å². The number of non-ortho nitro benzene ring substituents is 1. The maximum Gasteiger partial charge on any atom is 0.269 e. The van der Waals surface area contributed by atoms with Gasteiger partial charge in [0.1, 0.15) is 0 Å². The molecule has 0 N–H and O–H groups in total. The second-order valence-corrected chi connectivity index (χ2v) is 9.51. The first-order valence-electron chi connectivity index (χ1n) is 10.9. The van der Waals surface area contributed by atoms with E-state index in [1.165, 1.54) is 12.1 Å². The van der Waals surface area contributed by atoms with Crippen LogP contribution in [0.2, 0.25) is 0 Å². The fourth-order valence-corrected chi connectivity index (χ4v) is 5.95. The Kier molecular flexibility index (Phi) is 4.91. The van der Waals surface area contributed by atoms with Crippen LogP contribution in [0.1, 0.15) is 52.0 Å². The molecule has 1 aliphatic carbocycles. The lowest BCUT2D eigenvalue weighted by Crippen LogP contribution is -2.70. The lowest BCUT2D eigenvalue weighted by Gasteiger charge is -2.60. The molecule has 4 saturated heterocycles. The highest BCUT2D eigenvalue weighted by molar-refractivity contribution is 5.32. The van der Waals surface area contributed by atoms with E-state index in [4.69, 9.17) is 24.0 Å². The monoisotopic (exact) mass is 419 g/mol. The molecule has 8 heteroatoms. The molecule has 1 aromatic rings. The van der Waals surface area contributed by atoms with Crippen molar-refractivity contribution in [2.45, 2.75) is 77.0 Å². The van der Waals surface area contributed by atoms with E-state index in [1.807, 2.05) is 6.92 Å². The summed E-state index contributed by atoms with van der Waals surface area (Å²) in [5, 5.41) is 10.9. The van der Waals surface area contributed by atoms with Crippen molar-refractivity contribution in [3.05, 3.63) is 39.9 Å². The average Bonchev–Trinajstić information content (AvgIpc) is 2.96. The Balaban J connectivity index is 1.37. The molecule has 30 heavy (non-hydrogen) atoms. The van der Waals surface area contributed by atoms with E-state index in [2.05, 4.69) is 13.8 Å². The molecule has 5 aliphatic rings. The summed E-state index contributed by atoms with van der Waals surface area (Å²) in [5.41, 5.74) is 0.334. The van der Waals surface area contributed by atoms with Crippen LogP contribution in [-0.2, 0) is 30.6 Å². The van der Waals surface area contributed by atoms with Gasteiger partial charge < -0.3 is 14.2 Å². The second kappa shape index (κ2) is 7.24. The van der Waals surface area contributed by atoms with Gasteiger partial charge in [-0.05, 0) is 55.7 Å².